The Morgan fingerprint density at radius 3 is 3.07 bits per heavy atom. The van der Waals surface area contributed by atoms with E-state index in [-0.39, 0.29) is 0 Å². The fourth-order valence-electron chi connectivity index (χ4n) is 1.78. The van der Waals surface area contributed by atoms with Crippen molar-refractivity contribution in [2.45, 2.75) is 23.8 Å². The lowest BCUT2D eigenvalue weighted by Crippen LogP contribution is -2.36. The number of rotatable bonds is 1. The van der Waals surface area contributed by atoms with Crippen molar-refractivity contribution in [2.24, 2.45) is 0 Å². The normalized spacial score (nSPS) is 20.8. The van der Waals surface area contributed by atoms with Gasteiger partial charge >= 0.3 is 0 Å². The van der Waals surface area contributed by atoms with Gasteiger partial charge in [-0.2, -0.15) is 0 Å². The average Bonchev–Trinajstić information content (AvgIpc) is 2.99. The fraction of sp³-hybridized carbons (Fsp3) is 0.400. The SMILES string of the molecule is Clc1ccc2c(c1)SNCN2C1CC1. The van der Waals surface area contributed by atoms with E-state index in [1.807, 2.05) is 12.1 Å². The average molecular weight is 227 g/mol. The summed E-state index contributed by atoms with van der Waals surface area (Å²) in [6.07, 6.45) is 2.66. The van der Waals surface area contributed by atoms with Crippen LogP contribution in [0.4, 0.5) is 5.69 Å². The van der Waals surface area contributed by atoms with Crippen LogP contribution in [-0.4, -0.2) is 12.7 Å². The predicted molar refractivity (Wildman–Crippen MR) is 60.8 cm³/mol. The molecule has 1 aromatic carbocycles. The highest BCUT2D eigenvalue weighted by molar-refractivity contribution is 7.97. The molecule has 4 heteroatoms. The molecule has 0 amide bonds. The second-order valence-corrected chi connectivity index (χ2v) is 5.09. The second-order valence-electron chi connectivity index (χ2n) is 3.72. The molecule has 2 aliphatic rings. The Morgan fingerprint density at radius 1 is 1.43 bits per heavy atom. The van der Waals surface area contributed by atoms with Crippen LogP contribution in [0.1, 0.15) is 12.8 Å². The molecule has 1 aliphatic heterocycles. The highest BCUT2D eigenvalue weighted by Crippen LogP contribution is 2.40. The number of nitrogens with one attached hydrogen (secondary N) is 1. The van der Waals surface area contributed by atoms with Crippen molar-refractivity contribution < 1.29 is 0 Å². The first-order chi connectivity index (χ1) is 6.84. The molecule has 1 aliphatic carbocycles. The first-order valence-electron chi connectivity index (χ1n) is 4.80. The Balaban J connectivity index is 2.01. The molecule has 0 atom stereocenters. The van der Waals surface area contributed by atoms with E-state index in [2.05, 4.69) is 15.7 Å². The highest BCUT2D eigenvalue weighted by atomic mass is 35.5. The number of halogens is 1. The van der Waals surface area contributed by atoms with Gasteiger partial charge in [-0.15, -0.1) is 0 Å². The first kappa shape index (κ1) is 8.89. The highest BCUT2D eigenvalue weighted by Gasteiger charge is 2.32. The van der Waals surface area contributed by atoms with Crippen LogP contribution < -0.4 is 9.62 Å². The predicted octanol–water partition coefficient (Wildman–Crippen LogP) is 2.88. The molecule has 1 N–H and O–H groups in total. The van der Waals surface area contributed by atoms with Gasteiger partial charge in [0.15, 0.2) is 0 Å². The number of anilines is 1. The van der Waals surface area contributed by atoms with Crippen LogP contribution >= 0.6 is 23.5 Å². The standard InChI is InChI=1S/C10H11ClN2S/c11-7-1-4-9-10(5-7)14-12-6-13(9)8-2-3-8/h1,4-5,8,12H,2-3,6H2. The van der Waals surface area contributed by atoms with Crippen LogP contribution in [-0.2, 0) is 0 Å². The first-order valence-corrected chi connectivity index (χ1v) is 6.00. The third-order valence-corrected chi connectivity index (χ3v) is 3.69. The molecule has 0 bridgehead atoms. The van der Waals surface area contributed by atoms with E-state index in [0.717, 1.165) is 17.7 Å². The zero-order chi connectivity index (χ0) is 9.54. The number of fused-ring (bicyclic) bond motifs is 1. The molecule has 1 heterocycles. The lowest BCUT2D eigenvalue weighted by molar-refractivity contribution is 0.755. The van der Waals surface area contributed by atoms with Crippen LogP contribution in [0.3, 0.4) is 0 Å². The van der Waals surface area contributed by atoms with Gasteiger partial charge in [0.05, 0.1) is 12.4 Å². The van der Waals surface area contributed by atoms with E-state index in [1.165, 1.54) is 23.4 Å². The van der Waals surface area contributed by atoms with Crippen molar-refractivity contribution in [1.29, 1.82) is 0 Å². The largest absolute Gasteiger partial charge is 0.354 e. The molecule has 0 radical (unpaired) electrons. The van der Waals surface area contributed by atoms with Crippen molar-refractivity contribution in [3.05, 3.63) is 23.2 Å². The molecular formula is C10H11ClN2S. The Hall–Kier alpha value is -0.380. The summed E-state index contributed by atoms with van der Waals surface area (Å²) in [5.41, 5.74) is 1.33. The molecule has 14 heavy (non-hydrogen) atoms. The van der Waals surface area contributed by atoms with Crippen LogP contribution in [0, 0.1) is 0 Å². The molecule has 0 unspecified atom stereocenters. The minimum atomic E-state index is 0.753. The maximum atomic E-state index is 5.96. The summed E-state index contributed by atoms with van der Waals surface area (Å²) in [4.78, 5) is 3.68. The number of hydrogen-bond donors (Lipinski definition) is 1. The van der Waals surface area contributed by atoms with Crippen LogP contribution in [0.5, 0.6) is 0 Å². The molecule has 0 saturated heterocycles. The van der Waals surface area contributed by atoms with E-state index in [1.54, 1.807) is 11.9 Å². The summed E-state index contributed by atoms with van der Waals surface area (Å²) in [5.74, 6) is 0. The van der Waals surface area contributed by atoms with Gasteiger partial charge < -0.3 is 4.90 Å². The lowest BCUT2D eigenvalue weighted by atomic mass is 10.3. The Bertz CT molecular complexity index is 365. The maximum Gasteiger partial charge on any atom is 0.0781 e. The Labute approximate surface area is 92.8 Å². The van der Waals surface area contributed by atoms with Crippen molar-refractivity contribution in [1.82, 2.24) is 4.72 Å². The summed E-state index contributed by atoms with van der Waals surface area (Å²) < 4.78 is 3.32. The summed E-state index contributed by atoms with van der Waals surface area (Å²) >= 11 is 7.64. The monoisotopic (exact) mass is 226 g/mol. The Morgan fingerprint density at radius 2 is 2.29 bits per heavy atom. The Kier molecular flexibility index (Phi) is 2.11. The summed E-state index contributed by atoms with van der Waals surface area (Å²) in [5, 5.41) is 0.815. The van der Waals surface area contributed by atoms with E-state index < -0.39 is 0 Å². The summed E-state index contributed by atoms with van der Waals surface area (Å²) in [7, 11) is 0. The quantitative estimate of drug-likeness (QED) is 0.742. The third kappa shape index (κ3) is 1.49. The number of benzene rings is 1. The van der Waals surface area contributed by atoms with Gasteiger partial charge in [-0.05, 0) is 43.0 Å². The van der Waals surface area contributed by atoms with Crippen molar-refractivity contribution in [3.63, 3.8) is 0 Å². The summed E-state index contributed by atoms with van der Waals surface area (Å²) in [6.45, 7) is 0.948. The van der Waals surface area contributed by atoms with Crippen LogP contribution in [0.15, 0.2) is 23.1 Å². The third-order valence-electron chi connectivity index (χ3n) is 2.64. The fourth-order valence-corrected chi connectivity index (χ4v) is 2.86. The van der Waals surface area contributed by atoms with Crippen molar-refractivity contribution in [3.8, 4) is 0 Å². The van der Waals surface area contributed by atoms with Crippen molar-refractivity contribution in [2.75, 3.05) is 11.6 Å². The lowest BCUT2D eigenvalue weighted by Gasteiger charge is -2.31. The van der Waals surface area contributed by atoms with E-state index in [0.29, 0.717) is 0 Å². The van der Waals surface area contributed by atoms with Crippen LogP contribution in [0.2, 0.25) is 5.02 Å². The molecule has 0 aromatic heterocycles. The molecule has 74 valence electrons. The molecule has 2 nitrogen and oxygen atoms in total. The molecule has 1 aromatic rings. The van der Waals surface area contributed by atoms with E-state index in [9.17, 15) is 0 Å². The zero-order valence-corrected chi connectivity index (χ0v) is 9.24. The van der Waals surface area contributed by atoms with E-state index >= 15 is 0 Å². The molecule has 1 fully saturated rings. The number of nitrogens with zero attached hydrogens (tertiary/aromatic N) is 1. The minimum Gasteiger partial charge on any atom is -0.354 e. The van der Waals surface area contributed by atoms with Gasteiger partial charge in [0.25, 0.3) is 0 Å². The molecular weight excluding hydrogens is 216 g/mol. The van der Waals surface area contributed by atoms with E-state index in [4.69, 9.17) is 11.6 Å². The van der Waals surface area contributed by atoms with Gasteiger partial charge in [0.1, 0.15) is 0 Å². The van der Waals surface area contributed by atoms with Gasteiger partial charge in [0.2, 0.25) is 0 Å². The van der Waals surface area contributed by atoms with Gasteiger partial charge in [0, 0.05) is 16.0 Å². The van der Waals surface area contributed by atoms with Gasteiger partial charge in [-0.3, -0.25) is 0 Å². The number of hydrogen-bond acceptors (Lipinski definition) is 3. The second kappa shape index (κ2) is 3.33. The van der Waals surface area contributed by atoms with Gasteiger partial charge in [-0.1, -0.05) is 11.6 Å². The topological polar surface area (TPSA) is 15.3 Å². The summed E-state index contributed by atoms with van der Waals surface area (Å²) in [6, 6.07) is 6.89. The van der Waals surface area contributed by atoms with Gasteiger partial charge in [-0.25, -0.2) is 4.72 Å². The van der Waals surface area contributed by atoms with Crippen molar-refractivity contribution >= 4 is 29.2 Å². The van der Waals surface area contributed by atoms with Crippen LogP contribution in [0.25, 0.3) is 0 Å². The smallest absolute Gasteiger partial charge is 0.0781 e. The maximum absolute atomic E-state index is 5.96. The molecule has 0 spiro atoms. The zero-order valence-electron chi connectivity index (χ0n) is 7.66. The molecule has 3 rings (SSSR count). The molecule has 1 saturated carbocycles. The minimum absolute atomic E-state index is 0.753.